The van der Waals surface area contributed by atoms with E-state index in [1.165, 1.54) is 0 Å². The van der Waals surface area contributed by atoms with Crippen LogP contribution >= 0.6 is 0 Å². The second kappa shape index (κ2) is 64.4. The van der Waals surface area contributed by atoms with Gasteiger partial charge in [0.25, 0.3) is 23.6 Å². The summed E-state index contributed by atoms with van der Waals surface area (Å²) in [6.45, 7) is 14.7. The highest BCUT2D eigenvalue weighted by atomic mass is 16.6. The summed E-state index contributed by atoms with van der Waals surface area (Å²) in [4.78, 5) is 64.8. The molecule has 0 aromatic heterocycles. The summed E-state index contributed by atoms with van der Waals surface area (Å²) < 4.78 is 142. The monoisotopic (exact) mass is 1940 g/mol. The lowest BCUT2D eigenvalue weighted by atomic mass is 9.94. The third kappa shape index (κ3) is 38.5. The van der Waals surface area contributed by atoms with E-state index < -0.39 is 0 Å². The third-order valence-corrected chi connectivity index (χ3v) is 22.8. The summed E-state index contributed by atoms with van der Waals surface area (Å²) in [5.41, 5.74) is 11.3. The summed E-state index contributed by atoms with van der Waals surface area (Å²) in [6, 6.07) is 57.9. The van der Waals surface area contributed by atoms with Gasteiger partial charge in [-0.1, -0.05) is 121 Å². The topological polar surface area (TPSA) is 350 Å². The number of benzene rings is 8. The Morgan fingerprint density at radius 1 is 0.193 bits per heavy atom. The minimum atomic E-state index is -0.350. The molecular formula is C106H132N6O28. The number of amides is 4. The van der Waals surface area contributed by atoms with Crippen molar-refractivity contribution in [3.05, 3.63) is 181 Å². The van der Waals surface area contributed by atoms with Gasteiger partial charge >= 0.3 is 0 Å². The van der Waals surface area contributed by atoms with Gasteiger partial charge in [0, 0.05) is 74.6 Å². The molecule has 4 heterocycles. The summed E-state index contributed by atoms with van der Waals surface area (Å²) >= 11 is 0. The zero-order valence-electron chi connectivity index (χ0n) is 80.0. The molecule has 8 aromatic rings. The SMILES string of the molecule is N#Cc1ccc(-c2ccc(-c3ccc(-c4ccc(-c5ccc(-c6ccc(-c7ccc(-c8ccc(C#N)cc8)c(OCC(=O)N8CCOCCOCCOCCOCCOCC8)c7)cc6OCC(=O)N6CCOCCOCCOCCOCCOCC6)cc5)cc4)c(OCC(=O)N4CCOCCOCCOCCOCCOCC4)c3)cc2OCC(=O)N2CCOCCOCCOCCOCCOCC2)cc1. The molecule has 140 heavy (non-hydrogen) atoms. The van der Waals surface area contributed by atoms with Crippen molar-refractivity contribution in [2.45, 2.75) is 0 Å². The second-order valence-electron chi connectivity index (χ2n) is 32.3. The highest BCUT2D eigenvalue weighted by Crippen LogP contribution is 2.42. The van der Waals surface area contributed by atoms with Crippen LogP contribution < -0.4 is 18.9 Å². The lowest BCUT2D eigenvalue weighted by molar-refractivity contribution is -0.135. The summed E-state index contributed by atoms with van der Waals surface area (Å²) in [7, 11) is 0. The minimum Gasteiger partial charge on any atom is -0.483 e. The molecule has 34 heteroatoms. The molecule has 0 spiro atoms. The van der Waals surface area contributed by atoms with E-state index in [4.69, 9.17) is 114 Å². The number of carbonyl (C=O) groups is 4. The molecule has 0 atom stereocenters. The van der Waals surface area contributed by atoms with Gasteiger partial charge in [-0.3, -0.25) is 19.2 Å². The van der Waals surface area contributed by atoms with Crippen LogP contribution in [0.5, 0.6) is 23.0 Å². The van der Waals surface area contributed by atoms with E-state index in [-0.39, 0.29) is 155 Å². The van der Waals surface area contributed by atoms with E-state index in [0.717, 1.165) is 33.4 Å². The van der Waals surface area contributed by atoms with Crippen LogP contribution in [0.4, 0.5) is 0 Å². The molecule has 34 nitrogen and oxygen atoms in total. The van der Waals surface area contributed by atoms with Gasteiger partial charge in [0.15, 0.2) is 26.4 Å². The Morgan fingerprint density at radius 3 is 0.486 bits per heavy atom. The van der Waals surface area contributed by atoms with Gasteiger partial charge in [-0.15, -0.1) is 0 Å². The van der Waals surface area contributed by atoms with Crippen LogP contribution in [0.3, 0.4) is 0 Å². The lowest BCUT2D eigenvalue weighted by Crippen LogP contribution is -2.40. The van der Waals surface area contributed by atoms with Gasteiger partial charge in [-0.05, 0) is 104 Å². The van der Waals surface area contributed by atoms with Crippen molar-refractivity contribution in [2.24, 2.45) is 0 Å². The quantitative estimate of drug-likeness (QED) is 0.0726. The first-order valence-electron chi connectivity index (χ1n) is 48.1. The van der Waals surface area contributed by atoms with Gasteiger partial charge in [-0.25, -0.2) is 0 Å². The van der Waals surface area contributed by atoms with Crippen LogP contribution in [0.25, 0.3) is 77.9 Å². The smallest absolute Gasteiger partial charge is 0.260 e. The Kier molecular flexibility index (Phi) is 49.7. The predicted octanol–water partition coefficient (Wildman–Crippen LogP) is 10.3. The van der Waals surface area contributed by atoms with Crippen molar-refractivity contribution in [3.63, 3.8) is 0 Å². The van der Waals surface area contributed by atoms with Crippen molar-refractivity contribution in [1.29, 1.82) is 10.5 Å². The first-order valence-corrected chi connectivity index (χ1v) is 48.1. The fraction of sp³-hybridized carbons (Fsp3) is 0.491. The Morgan fingerprint density at radius 2 is 0.329 bits per heavy atom. The van der Waals surface area contributed by atoms with Crippen molar-refractivity contribution in [2.75, 3.05) is 343 Å². The number of hydrogen-bond acceptors (Lipinski definition) is 30. The van der Waals surface area contributed by atoms with Crippen molar-refractivity contribution in [3.8, 4) is 113 Å². The van der Waals surface area contributed by atoms with Crippen molar-refractivity contribution >= 4 is 23.6 Å². The predicted molar refractivity (Wildman–Crippen MR) is 519 cm³/mol. The van der Waals surface area contributed by atoms with Gasteiger partial charge < -0.3 is 133 Å². The Labute approximate surface area is 819 Å². The molecule has 0 unspecified atom stereocenters. The zero-order valence-corrected chi connectivity index (χ0v) is 80.0. The maximum absolute atomic E-state index is 14.7. The average molecular weight is 1940 g/mol. The van der Waals surface area contributed by atoms with Crippen LogP contribution in [0.2, 0.25) is 0 Å². The van der Waals surface area contributed by atoms with E-state index in [9.17, 15) is 29.7 Å². The molecule has 0 aliphatic carbocycles. The molecule has 0 N–H and O–H groups in total. The molecule has 0 saturated carbocycles. The molecule has 4 aliphatic rings. The fourth-order valence-corrected chi connectivity index (χ4v) is 15.1. The van der Waals surface area contributed by atoms with Crippen LogP contribution in [-0.2, 0) is 114 Å². The Bertz CT molecular complexity index is 4640. The maximum atomic E-state index is 14.7. The van der Waals surface area contributed by atoms with Crippen LogP contribution in [0, 0.1) is 22.7 Å². The number of ether oxygens (including phenoxy) is 24. The average Bonchev–Trinajstić information content (AvgIpc) is 0.788. The number of rotatable bonds is 19. The summed E-state index contributed by atoms with van der Waals surface area (Å²) in [6.07, 6.45) is 0. The molecule has 4 aliphatic heterocycles. The zero-order chi connectivity index (χ0) is 97.1. The summed E-state index contributed by atoms with van der Waals surface area (Å²) in [5.74, 6) is 0.398. The number of hydrogen-bond donors (Lipinski definition) is 0. The van der Waals surface area contributed by atoms with E-state index >= 15 is 0 Å². The highest BCUT2D eigenvalue weighted by Gasteiger charge is 2.25. The van der Waals surface area contributed by atoms with Crippen LogP contribution in [0.1, 0.15) is 11.1 Å². The number of carbonyl (C=O) groups excluding carboxylic acids is 4. The van der Waals surface area contributed by atoms with Gasteiger partial charge in [-0.2, -0.15) is 10.5 Å². The van der Waals surface area contributed by atoms with Crippen molar-refractivity contribution < 1.29 is 133 Å². The van der Waals surface area contributed by atoms with E-state index in [0.29, 0.717) is 290 Å². The van der Waals surface area contributed by atoms with Gasteiger partial charge in [0.1, 0.15) is 23.0 Å². The van der Waals surface area contributed by atoms with E-state index in [2.05, 4.69) is 12.1 Å². The van der Waals surface area contributed by atoms with E-state index in [1.807, 2.05) is 146 Å². The molecule has 8 aromatic carbocycles. The minimum absolute atomic E-state index is 0.235. The second-order valence-corrected chi connectivity index (χ2v) is 32.3. The molecule has 0 bridgehead atoms. The molecule has 4 saturated heterocycles. The number of nitriles is 2. The van der Waals surface area contributed by atoms with Crippen LogP contribution in [0.15, 0.2) is 170 Å². The maximum Gasteiger partial charge on any atom is 0.260 e. The third-order valence-electron chi connectivity index (χ3n) is 22.8. The number of nitrogens with zero attached hydrogens (tertiary/aromatic N) is 6. The molecule has 12 rings (SSSR count). The Hall–Kier alpha value is -11.0. The molecular weight excluding hydrogens is 1810 g/mol. The van der Waals surface area contributed by atoms with Crippen LogP contribution in [-0.4, -0.2) is 386 Å². The molecule has 754 valence electrons. The molecule has 4 amide bonds. The normalized spacial score (nSPS) is 18.1. The van der Waals surface area contributed by atoms with Crippen molar-refractivity contribution in [1.82, 2.24) is 19.6 Å². The summed E-state index contributed by atoms with van der Waals surface area (Å²) in [5, 5.41) is 19.6. The standard InChI is InChI=1S/C106H132N6O28/c107-77-83-1-5-87(6-2-83)95-21-17-91(73-99(95)137-79-103(113)109-25-33-117-41-49-125-57-65-133-66-58-126-50-42-118-34-26-109)93-19-23-97(101(75-93)139-81-105(115)111-29-37-121-45-53-129-61-69-135-70-62-130-54-46-122-38-30-111)89-13-9-85(10-14-89)86-11-15-90(16-12-86)98-24-20-94(76-102(98)140-82-106(116)112-31-39-123-47-55-131-63-71-136-72-64-132-56-48-124-40-32-112)92-18-22-96(88-7-3-84(78-108)4-8-88)100(74-92)138-80-104(114)110-27-35-119-43-51-127-59-67-134-68-60-128-52-44-120-36-28-110/h1-24,73-76H,25-72,79-82H2. The van der Waals surface area contributed by atoms with Gasteiger partial charge in [0.05, 0.1) is 288 Å². The lowest BCUT2D eigenvalue weighted by Gasteiger charge is -2.24. The van der Waals surface area contributed by atoms with E-state index in [1.54, 1.807) is 43.9 Å². The molecule has 0 radical (unpaired) electrons. The Balaban J connectivity index is 0.838. The molecule has 4 fully saturated rings. The first kappa shape index (κ1) is 108. The fourth-order valence-electron chi connectivity index (χ4n) is 15.1. The largest absolute Gasteiger partial charge is 0.483 e. The van der Waals surface area contributed by atoms with Gasteiger partial charge in [0.2, 0.25) is 0 Å². The first-order chi connectivity index (χ1) is 69.1. The highest BCUT2D eigenvalue weighted by molar-refractivity contribution is 5.86.